The van der Waals surface area contributed by atoms with Crippen molar-refractivity contribution >= 4 is 11.1 Å². The molecule has 1 atom stereocenters. The SMILES string of the molecule is COc1ccc2nc(C3(C)CCNC3)oc2c1. The van der Waals surface area contributed by atoms with Gasteiger partial charge in [0.2, 0.25) is 5.89 Å². The lowest BCUT2D eigenvalue weighted by Gasteiger charge is -2.17. The molecule has 0 spiro atoms. The highest BCUT2D eigenvalue weighted by Crippen LogP contribution is 2.32. The van der Waals surface area contributed by atoms with Gasteiger partial charge in [-0.05, 0) is 32.0 Å². The maximum atomic E-state index is 5.87. The van der Waals surface area contributed by atoms with E-state index in [2.05, 4.69) is 17.2 Å². The predicted molar refractivity (Wildman–Crippen MR) is 65.4 cm³/mol. The molecule has 2 aromatic rings. The van der Waals surface area contributed by atoms with Crippen molar-refractivity contribution in [2.45, 2.75) is 18.8 Å². The average molecular weight is 232 g/mol. The minimum Gasteiger partial charge on any atom is -0.497 e. The van der Waals surface area contributed by atoms with Crippen LogP contribution in [0.4, 0.5) is 0 Å². The molecule has 1 aromatic heterocycles. The zero-order valence-electron chi connectivity index (χ0n) is 10.1. The number of fused-ring (bicyclic) bond motifs is 1. The summed E-state index contributed by atoms with van der Waals surface area (Å²) in [4.78, 5) is 4.58. The van der Waals surface area contributed by atoms with E-state index < -0.39 is 0 Å². The monoisotopic (exact) mass is 232 g/mol. The number of benzene rings is 1. The normalized spacial score (nSPS) is 24.4. The third-order valence-electron chi connectivity index (χ3n) is 3.48. The first-order valence-corrected chi connectivity index (χ1v) is 5.87. The van der Waals surface area contributed by atoms with E-state index in [1.165, 1.54) is 0 Å². The Bertz CT molecular complexity index is 541. The van der Waals surface area contributed by atoms with Gasteiger partial charge in [0.05, 0.1) is 12.5 Å². The van der Waals surface area contributed by atoms with Gasteiger partial charge >= 0.3 is 0 Å². The van der Waals surface area contributed by atoms with Crippen molar-refractivity contribution in [3.05, 3.63) is 24.1 Å². The standard InChI is InChI=1S/C13H16N2O2/c1-13(5-6-14-8-13)12-15-10-4-3-9(16-2)7-11(10)17-12/h3-4,7,14H,5-6,8H2,1-2H3. The molecular weight excluding hydrogens is 216 g/mol. The highest BCUT2D eigenvalue weighted by molar-refractivity contribution is 5.74. The summed E-state index contributed by atoms with van der Waals surface area (Å²) in [7, 11) is 1.65. The number of hydrogen-bond acceptors (Lipinski definition) is 4. The molecule has 17 heavy (non-hydrogen) atoms. The molecular formula is C13H16N2O2. The molecule has 0 bridgehead atoms. The fourth-order valence-corrected chi connectivity index (χ4v) is 2.29. The van der Waals surface area contributed by atoms with Crippen molar-refractivity contribution in [1.29, 1.82) is 0 Å². The van der Waals surface area contributed by atoms with Crippen molar-refractivity contribution in [3.63, 3.8) is 0 Å². The summed E-state index contributed by atoms with van der Waals surface area (Å²) in [5.74, 6) is 1.63. The molecule has 1 aliphatic rings. The van der Waals surface area contributed by atoms with Gasteiger partial charge in [0.1, 0.15) is 11.3 Å². The highest BCUT2D eigenvalue weighted by Gasteiger charge is 2.35. The van der Waals surface area contributed by atoms with E-state index >= 15 is 0 Å². The summed E-state index contributed by atoms with van der Waals surface area (Å²) < 4.78 is 11.0. The number of oxazole rings is 1. The Morgan fingerprint density at radius 2 is 2.35 bits per heavy atom. The zero-order chi connectivity index (χ0) is 11.9. The molecule has 1 N–H and O–H groups in total. The lowest BCUT2D eigenvalue weighted by Crippen LogP contribution is -2.25. The first-order chi connectivity index (χ1) is 8.21. The van der Waals surface area contributed by atoms with Crippen LogP contribution in [-0.2, 0) is 5.41 Å². The van der Waals surface area contributed by atoms with Crippen LogP contribution >= 0.6 is 0 Å². The topological polar surface area (TPSA) is 47.3 Å². The molecule has 1 fully saturated rings. The summed E-state index contributed by atoms with van der Waals surface area (Å²) in [6.45, 7) is 4.14. The first kappa shape index (κ1) is 10.6. The van der Waals surface area contributed by atoms with Crippen LogP contribution in [0.1, 0.15) is 19.2 Å². The smallest absolute Gasteiger partial charge is 0.202 e. The van der Waals surface area contributed by atoms with Gasteiger partial charge in [-0.3, -0.25) is 0 Å². The van der Waals surface area contributed by atoms with E-state index in [9.17, 15) is 0 Å². The molecule has 0 amide bonds. The Morgan fingerprint density at radius 1 is 1.47 bits per heavy atom. The van der Waals surface area contributed by atoms with Gasteiger partial charge in [0.25, 0.3) is 0 Å². The average Bonchev–Trinajstić information content (AvgIpc) is 2.94. The Labute approximate surface area is 100.0 Å². The number of rotatable bonds is 2. The maximum Gasteiger partial charge on any atom is 0.202 e. The molecule has 1 aliphatic heterocycles. The number of nitrogens with zero attached hydrogens (tertiary/aromatic N) is 1. The Morgan fingerprint density at radius 3 is 3.06 bits per heavy atom. The van der Waals surface area contributed by atoms with Crippen molar-refractivity contribution in [1.82, 2.24) is 10.3 Å². The van der Waals surface area contributed by atoms with Gasteiger partial charge in [-0.1, -0.05) is 0 Å². The van der Waals surface area contributed by atoms with Crippen molar-refractivity contribution in [3.8, 4) is 5.75 Å². The van der Waals surface area contributed by atoms with Crippen LogP contribution < -0.4 is 10.1 Å². The largest absolute Gasteiger partial charge is 0.497 e. The van der Waals surface area contributed by atoms with Crippen molar-refractivity contribution in [2.24, 2.45) is 0 Å². The molecule has 3 rings (SSSR count). The van der Waals surface area contributed by atoms with Gasteiger partial charge < -0.3 is 14.5 Å². The Balaban J connectivity index is 2.07. The summed E-state index contributed by atoms with van der Waals surface area (Å²) in [5, 5.41) is 3.35. The minimum atomic E-state index is 0.0201. The van der Waals surface area contributed by atoms with E-state index in [1.54, 1.807) is 7.11 Å². The van der Waals surface area contributed by atoms with E-state index in [0.29, 0.717) is 0 Å². The molecule has 90 valence electrons. The summed E-state index contributed by atoms with van der Waals surface area (Å²) in [6.07, 6.45) is 1.07. The summed E-state index contributed by atoms with van der Waals surface area (Å²) in [5.41, 5.74) is 1.72. The number of ether oxygens (including phenoxy) is 1. The van der Waals surface area contributed by atoms with E-state index in [4.69, 9.17) is 9.15 Å². The van der Waals surface area contributed by atoms with Crippen LogP contribution in [0.5, 0.6) is 5.75 Å². The van der Waals surface area contributed by atoms with Crippen LogP contribution in [0, 0.1) is 0 Å². The molecule has 4 nitrogen and oxygen atoms in total. The summed E-state index contributed by atoms with van der Waals surface area (Å²) >= 11 is 0. The number of nitrogens with one attached hydrogen (secondary N) is 1. The quantitative estimate of drug-likeness (QED) is 0.861. The molecule has 4 heteroatoms. The second-order valence-corrected chi connectivity index (χ2v) is 4.84. The Hall–Kier alpha value is -1.55. The molecule has 0 radical (unpaired) electrons. The third-order valence-corrected chi connectivity index (χ3v) is 3.48. The predicted octanol–water partition coefficient (Wildman–Crippen LogP) is 2.09. The number of hydrogen-bond donors (Lipinski definition) is 1. The van der Waals surface area contributed by atoms with Crippen LogP contribution in [0.2, 0.25) is 0 Å². The molecule has 0 aliphatic carbocycles. The van der Waals surface area contributed by atoms with Gasteiger partial charge in [0.15, 0.2) is 5.58 Å². The van der Waals surface area contributed by atoms with Crippen molar-refractivity contribution < 1.29 is 9.15 Å². The van der Waals surface area contributed by atoms with Crippen LogP contribution in [0.15, 0.2) is 22.6 Å². The summed E-state index contributed by atoms with van der Waals surface area (Å²) in [6, 6.07) is 5.73. The fraction of sp³-hybridized carbons (Fsp3) is 0.462. The second-order valence-electron chi connectivity index (χ2n) is 4.84. The van der Waals surface area contributed by atoms with Crippen LogP contribution in [-0.4, -0.2) is 25.2 Å². The molecule has 1 unspecified atom stereocenters. The minimum absolute atomic E-state index is 0.0201. The van der Waals surface area contributed by atoms with Gasteiger partial charge in [-0.2, -0.15) is 0 Å². The number of methoxy groups -OCH3 is 1. The molecule has 0 saturated carbocycles. The molecule has 2 heterocycles. The van der Waals surface area contributed by atoms with E-state index in [1.807, 2.05) is 18.2 Å². The number of aromatic nitrogens is 1. The van der Waals surface area contributed by atoms with E-state index in [0.717, 1.165) is 42.3 Å². The molecule has 1 aromatic carbocycles. The Kier molecular flexibility index (Phi) is 2.33. The molecule has 1 saturated heterocycles. The van der Waals surface area contributed by atoms with Crippen LogP contribution in [0.3, 0.4) is 0 Å². The maximum absolute atomic E-state index is 5.87. The first-order valence-electron chi connectivity index (χ1n) is 5.87. The lowest BCUT2D eigenvalue weighted by molar-refractivity contribution is 0.381. The third kappa shape index (κ3) is 1.69. The van der Waals surface area contributed by atoms with E-state index in [-0.39, 0.29) is 5.41 Å². The van der Waals surface area contributed by atoms with Gasteiger partial charge in [-0.15, -0.1) is 0 Å². The second kappa shape index (κ2) is 3.74. The fourth-order valence-electron chi connectivity index (χ4n) is 2.29. The highest BCUT2D eigenvalue weighted by atomic mass is 16.5. The van der Waals surface area contributed by atoms with Gasteiger partial charge in [0, 0.05) is 12.6 Å². The van der Waals surface area contributed by atoms with Crippen molar-refractivity contribution in [2.75, 3.05) is 20.2 Å². The van der Waals surface area contributed by atoms with Crippen LogP contribution in [0.25, 0.3) is 11.1 Å². The zero-order valence-corrected chi connectivity index (χ0v) is 10.1. The van der Waals surface area contributed by atoms with Gasteiger partial charge in [-0.25, -0.2) is 4.98 Å². The lowest BCUT2D eigenvalue weighted by atomic mass is 9.90.